The average Bonchev–Trinajstić information content (AvgIpc) is 3.36. The first-order valence-corrected chi connectivity index (χ1v) is 8.70. The highest BCUT2D eigenvalue weighted by molar-refractivity contribution is 5.95. The zero-order chi connectivity index (χ0) is 18.4. The van der Waals surface area contributed by atoms with E-state index in [0.717, 1.165) is 25.0 Å². The number of carbonyl (C=O) groups excluding carboxylic acids is 2. The number of amides is 2. The van der Waals surface area contributed by atoms with Crippen molar-refractivity contribution in [3.8, 4) is 0 Å². The monoisotopic (exact) mass is 393 g/mol. The van der Waals surface area contributed by atoms with E-state index in [0.29, 0.717) is 30.0 Å². The second-order valence-electron chi connectivity index (χ2n) is 6.23. The van der Waals surface area contributed by atoms with Crippen molar-refractivity contribution in [1.82, 2.24) is 10.6 Å². The standard InChI is InChI=1S/C19H23N3O4.ClH/c20-9-17-8-15(12-26-17)19(24)21-10-13-3-1-4-14(7-13)18(23)22-11-16-5-2-6-25-16;/h1,3-4,7-8,12,16H,2,5-6,9-11,20H2,(H,21,24)(H,22,23);1H. The molecule has 1 fully saturated rings. The highest BCUT2D eigenvalue weighted by atomic mass is 35.5. The van der Waals surface area contributed by atoms with Crippen LogP contribution in [-0.2, 0) is 17.8 Å². The molecule has 7 nitrogen and oxygen atoms in total. The van der Waals surface area contributed by atoms with Gasteiger partial charge in [0.25, 0.3) is 11.8 Å². The summed E-state index contributed by atoms with van der Waals surface area (Å²) in [6, 6.07) is 8.79. The van der Waals surface area contributed by atoms with Gasteiger partial charge in [-0.15, -0.1) is 12.4 Å². The molecule has 0 spiro atoms. The SMILES string of the molecule is Cl.NCc1cc(C(=O)NCc2cccc(C(=O)NCC3CCCO3)c2)co1. The molecule has 8 heteroatoms. The summed E-state index contributed by atoms with van der Waals surface area (Å²) >= 11 is 0. The van der Waals surface area contributed by atoms with E-state index in [-0.39, 0.29) is 36.9 Å². The summed E-state index contributed by atoms with van der Waals surface area (Å²) in [5.74, 6) is 0.165. The van der Waals surface area contributed by atoms with Gasteiger partial charge in [0.1, 0.15) is 12.0 Å². The lowest BCUT2D eigenvalue weighted by Gasteiger charge is -2.11. The fraction of sp³-hybridized carbons (Fsp3) is 0.368. The number of nitrogens with two attached hydrogens (primary N) is 1. The Labute approximate surface area is 164 Å². The Hall–Kier alpha value is -2.35. The highest BCUT2D eigenvalue weighted by Crippen LogP contribution is 2.12. The van der Waals surface area contributed by atoms with Crippen LogP contribution in [0.5, 0.6) is 0 Å². The minimum atomic E-state index is -0.248. The molecular weight excluding hydrogens is 370 g/mol. The zero-order valence-electron chi connectivity index (χ0n) is 14.9. The van der Waals surface area contributed by atoms with E-state index >= 15 is 0 Å². The molecule has 0 bridgehead atoms. The predicted molar refractivity (Wildman–Crippen MR) is 103 cm³/mol. The molecule has 4 N–H and O–H groups in total. The first-order valence-electron chi connectivity index (χ1n) is 8.70. The molecule has 1 aromatic carbocycles. The lowest BCUT2D eigenvalue weighted by Crippen LogP contribution is -2.31. The Kier molecular flexibility index (Phi) is 7.84. The number of nitrogens with one attached hydrogen (secondary N) is 2. The van der Waals surface area contributed by atoms with Crippen LogP contribution < -0.4 is 16.4 Å². The molecule has 1 aliphatic rings. The van der Waals surface area contributed by atoms with Gasteiger partial charge >= 0.3 is 0 Å². The topological polar surface area (TPSA) is 107 Å². The maximum atomic E-state index is 12.3. The van der Waals surface area contributed by atoms with E-state index in [9.17, 15) is 9.59 Å². The normalized spacial score (nSPS) is 15.8. The predicted octanol–water partition coefficient (Wildman–Crippen LogP) is 2.00. The van der Waals surface area contributed by atoms with Crippen LogP contribution in [0.4, 0.5) is 0 Å². The van der Waals surface area contributed by atoms with Gasteiger partial charge in [0.2, 0.25) is 0 Å². The number of hydrogen-bond acceptors (Lipinski definition) is 5. The van der Waals surface area contributed by atoms with Crippen LogP contribution in [0, 0.1) is 0 Å². The molecule has 1 aromatic heterocycles. The third kappa shape index (κ3) is 5.82. The Bertz CT molecular complexity index is 772. The Balaban J connectivity index is 0.00000261. The summed E-state index contributed by atoms with van der Waals surface area (Å²) in [6.07, 6.45) is 3.51. The van der Waals surface area contributed by atoms with Gasteiger partial charge in [-0.25, -0.2) is 0 Å². The molecule has 27 heavy (non-hydrogen) atoms. The number of ether oxygens (including phenoxy) is 1. The molecule has 2 heterocycles. The van der Waals surface area contributed by atoms with Crippen LogP contribution in [0.15, 0.2) is 41.0 Å². The number of benzene rings is 1. The van der Waals surface area contributed by atoms with Crippen molar-refractivity contribution in [3.63, 3.8) is 0 Å². The van der Waals surface area contributed by atoms with Crippen molar-refractivity contribution in [2.45, 2.75) is 32.0 Å². The molecule has 1 saturated heterocycles. The lowest BCUT2D eigenvalue weighted by molar-refractivity contribution is 0.0857. The molecule has 2 aromatic rings. The quantitative estimate of drug-likeness (QED) is 0.667. The third-order valence-electron chi connectivity index (χ3n) is 4.27. The number of rotatable bonds is 7. The van der Waals surface area contributed by atoms with Gasteiger partial charge < -0.3 is 25.5 Å². The van der Waals surface area contributed by atoms with E-state index in [4.69, 9.17) is 14.9 Å². The maximum absolute atomic E-state index is 12.3. The summed E-state index contributed by atoms with van der Waals surface area (Å²) in [5, 5.41) is 5.70. The van der Waals surface area contributed by atoms with Crippen molar-refractivity contribution >= 4 is 24.2 Å². The van der Waals surface area contributed by atoms with E-state index in [1.165, 1.54) is 6.26 Å². The van der Waals surface area contributed by atoms with Crippen LogP contribution in [-0.4, -0.2) is 31.1 Å². The first kappa shape index (κ1) is 21.0. The van der Waals surface area contributed by atoms with Crippen molar-refractivity contribution < 1.29 is 18.7 Å². The van der Waals surface area contributed by atoms with Crippen LogP contribution in [0.2, 0.25) is 0 Å². The summed E-state index contributed by atoms with van der Waals surface area (Å²) in [6.45, 7) is 1.84. The second-order valence-corrected chi connectivity index (χ2v) is 6.23. The Morgan fingerprint density at radius 2 is 1.96 bits per heavy atom. The van der Waals surface area contributed by atoms with Gasteiger partial charge in [-0.05, 0) is 36.6 Å². The molecule has 1 unspecified atom stereocenters. The first-order chi connectivity index (χ1) is 12.7. The van der Waals surface area contributed by atoms with Crippen LogP contribution in [0.25, 0.3) is 0 Å². The van der Waals surface area contributed by atoms with Crippen LogP contribution in [0.3, 0.4) is 0 Å². The summed E-state index contributed by atoms with van der Waals surface area (Å²) < 4.78 is 10.7. The largest absolute Gasteiger partial charge is 0.467 e. The molecule has 146 valence electrons. The molecule has 0 aliphatic carbocycles. The summed E-state index contributed by atoms with van der Waals surface area (Å²) in [7, 11) is 0. The van der Waals surface area contributed by atoms with Gasteiger partial charge in [0, 0.05) is 25.3 Å². The van der Waals surface area contributed by atoms with E-state index in [1.54, 1.807) is 24.3 Å². The average molecular weight is 394 g/mol. The molecule has 2 amide bonds. The molecule has 1 aliphatic heterocycles. The minimum Gasteiger partial charge on any atom is -0.467 e. The summed E-state index contributed by atoms with van der Waals surface area (Å²) in [5.41, 5.74) is 7.29. The fourth-order valence-corrected chi connectivity index (χ4v) is 2.83. The zero-order valence-corrected chi connectivity index (χ0v) is 15.7. The van der Waals surface area contributed by atoms with Crippen LogP contribution >= 0.6 is 12.4 Å². The molecule has 3 rings (SSSR count). The van der Waals surface area contributed by atoms with Gasteiger partial charge in [-0.3, -0.25) is 9.59 Å². The van der Waals surface area contributed by atoms with Gasteiger partial charge in [0.05, 0.1) is 18.2 Å². The minimum absolute atomic E-state index is 0. The van der Waals surface area contributed by atoms with Gasteiger partial charge in [0.15, 0.2) is 0 Å². The van der Waals surface area contributed by atoms with Gasteiger partial charge in [-0.1, -0.05) is 12.1 Å². The van der Waals surface area contributed by atoms with E-state index in [2.05, 4.69) is 10.6 Å². The third-order valence-corrected chi connectivity index (χ3v) is 4.27. The van der Waals surface area contributed by atoms with Crippen molar-refractivity contribution in [2.75, 3.05) is 13.2 Å². The molecular formula is C19H24ClN3O4. The molecule has 0 saturated carbocycles. The van der Waals surface area contributed by atoms with E-state index < -0.39 is 0 Å². The number of halogens is 1. The Morgan fingerprint density at radius 3 is 2.67 bits per heavy atom. The highest BCUT2D eigenvalue weighted by Gasteiger charge is 2.17. The molecule has 1 atom stereocenters. The van der Waals surface area contributed by atoms with Crippen LogP contribution in [0.1, 0.15) is 44.9 Å². The number of carbonyl (C=O) groups is 2. The summed E-state index contributed by atoms with van der Waals surface area (Å²) in [4.78, 5) is 24.4. The van der Waals surface area contributed by atoms with E-state index in [1.807, 2.05) is 6.07 Å². The second kappa shape index (κ2) is 10.1. The fourth-order valence-electron chi connectivity index (χ4n) is 2.83. The molecule has 0 radical (unpaired) electrons. The van der Waals surface area contributed by atoms with Gasteiger partial charge in [-0.2, -0.15) is 0 Å². The maximum Gasteiger partial charge on any atom is 0.254 e. The lowest BCUT2D eigenvalue weighted by atomic mass is 10.1. The number of hydrogen-bond donors (Lipinski definition) is 3. The van der Waals surface area contributed by atoms with Crippen molar-refractivity contribution in [1.29, 1.82) is 0 Å². The van der Waals surface area contributed by atoms with Crippen molar-refractivity contribution in [3.05, 3.63) is 59.0 Å². The Morgan fingerprint density at radius 1 is 1.15 bits per heavy atom. The van der Waals surface area contributed by atoms with Crippen molar-refractivity contribution in [2.24, 2.45) is 5.73 Å². The smallest absolute Gasteiger partial charge is 0.254 e. The number of furan rings is 1.